The molecule has 2 heterocycles. The highest BCUT2D eigenvalue weighted by Gasteiger charge is 2.18. The molecule has 0 radical (unpaired) electrons. The van der Waals surface area contributed by atoms with Gasteiger partial charge in [0.15, 0.2) is 0 Å². The molecule has 0 aromatic carbocycles. The predicted octanol–water partition coefficient (Wildman–Crippen LogP) is 1.33. The second-order valence-electron chi connectivity index (χ2n) is 4.28. The van der Waals surface area contributed by atoms with E-state index in [0.29, 0.717) is 22.2 Å². The molecule has 0 spiro atoms. The van der Waals surface area contributed by atoms with Crippen molar-refractivity contribution < 1.29 is 19.8 Å². The van der Waals surface area contributed by atoms with Crippen LogP contribution in [-0.2, 0) is 11.3 Å². The van der Waals surface area contributed by atoms with Crippen LogP contribution in [0.25, 0.3) is 10.2 Å². The number of fused-ring (bicyclic) bond motifs is 1. The Bertz CT molecular complexity index is 746. The third-order valence-corrected chi connectivity index (χ3v) is 4.09. The second kappa shape index (κ2) is 5.41. The van der Waals surface area contributed by atoms with E-state index in [2.05, 4.69) is 4.98 Å². The maximum Gasteiger partial charge on any atom is 0.346 e. The normalized spacial score (nSPS) is 10.8. The molecule has 7 nitrogen and oxygen atoms in total. The van der Waals surface area contributed by atoms with E-state index >= 15 is 0 Å². The minimum atomic E-state index is -1.08. The average Bonchev–Trinajstić information content (AvgIpc) is 2.70. The molecular weight excluding hydrogens is 284 g/mol. The van der Waals surface area contributed by atoms with Crippen LogP contribution < -0.4 is 5.56 Å². The average molecular weight is 296 g/mol. The first-order valence-electron chi connectivity index (χ1n) is 5.85. The van der Waals surface area contributed by atoms with Gasteiger partial charge in [0.2, 0.25) is 0 Å². The fourth-order valence-electron chi connectivity index (χ4n) is 1.92. The van der Waals surface area contributed by atoms with Crippen LogP contribution in [0.3, 0.4) is 0 Å². The van der Waals surface area contributed by atoms with E-state index in [9.17, 15) is 14.4 Å². The first kappa shape index (κ1) is 14.2. The fraction of sp³-hybridized carbons (Fsp3) is 0.333. The summed E-state index contributed by atoms with van der Waals surface area (Å²) in [5.41, 5.74) is 0.0734. The van der Waals surface area contributed by atoms with E-state index < -0.39 is 11.9 Å². The molecule has 0 aliphatic rings. The van der Waals surface area contributed by atoms with Gasteiger partial charge in [-0.1, -0.05) is 0 Å². The monoisotopic (exact) mass is 296 g/mol. The Labute approximate surface area is 117 Å². The topological polar surface area (TPSA) is 109 Å². The minimum Gasteiger partial charge on any atom is -0.481 e. The zero-order chi connectivity index (χ0) is 14.9. The van der Waals surface area contributed by atoms with Crippen LogP contribution in [0, 0.1) is 6.92 Å². The maximum atomic E-state index is 12.3. The summed E-state index contributed by atoms with van der Waals surface area (Å²) in [6.07, 6.45) is 1.61. The van der Waals surface area contributed by atoms with Crippen LogP contribution in [0.2, 0.25) is 0 Å². The summed E-state index contributed by atoms with van der Waals surface area (Å²) in [5.74, 6) is -2.01. The summed E-state index contributed by atoms with van der Waals surface area (Å²) in [4.78, 5) is 38.3. The number of aromatic carboxylic acids is 1. The summed E-state index contributed by atoms with van der Waals surface area (Å²) in [5, 5.41) is 17.9. The van der Waals surface area contributed by atoms with Gasteiger partial charge in [-0.2, -0.15) is 0 Å². The highest BCUT2D eigenvalue weighted by molar-refractivity contribution is 7.20. The van der Waals surface area contributed by atoms with Gasteiger partial charge in [-0.25, -0.2) is 9.78 Å². The molecule has 0 fully saturated rings. The van der Waals surface area contributed by atoms with E-state index in [4.69, 9.17) is 10.2 Å². The number of nitrogens with zero attached hydrogens (tertiary/aromatic N) is 2. The number of carbonyl (C=O) groups is 2. The van der Waals surface area contributed by atoms with Gasteiger partial charge in [0, 0.05) is 13.0 Å². The number of rotatable bonds is 5. The van der Waals surface area contributed by atoms with Crippen LogP contribution in [0.4, 0.5) is 0 Å². The van der Waals surface area contributed by atoms with Gasteiger partial charge in [0.1, 0.15) is 9.71 Å². The van der Waals surface area contributed by atoms with Crippen molar-refractivity contribution in [3.8, 4) is 0 Å². The Balaban J connectivity index is 2.43. The first-order chi connectivity index (χ1) is 9.41. The van der Waals surface area contributed by atoms with Crippen molar-refractivity contribution in [2.45, 2.75) is 26.3 Å². The molecule has 0 atom stereocenters. The zero-order valence-electron chi connectivity index (χ0n) is 10.6. The Hall–Kier alpha value is -2.22. The number of hydrogen-bond acceptors (Lipinski definition) is 5. The number of carboxylic acid groups (broad SMARTS) is 2. The first-order valence-corrected chi connectivity index (χ1v) is 6.67. The molecule has 8 heteroatoms. The summed E-state index contributed by atoms with van der Waals surface area (Å²) in [7, 11) is 0. The lowest BCUT2D eigenvalue weighted by molar-refractivity contribution is -0.137. The molecule has 2 aromatic heterocycles. The Morgan fingerprint density at radius 3 is 2.70 bits per heavy atom. The summed E-state index contributed by atoms with van der Waals surface area (Å²) in [6, 6.07) is 0. The molecule has 0 saturated carbocycles. The lowest BCUT2D eigenvalue weighted by Gasteiger charge is -2.03. The number of thiophene rings is 1. The second-order valence-corrected chi connectivity index (χ2v) is 5.28. The number of carboxylic acids is 2. The molecule has 0 bridgehead atoms. The third kappa shape index (κ3) is 2.55. The van der Waals surface area contributed by atoms with E-state index in [0.717, 1.165) is 11.3 Å². The van der Waals surface area contributed by atoms with Gasteiger partial charge in [0.25, 0.3) is 5.56 Å². The summed E-state index contributed by atoms with van der Waals surface area (Å²) < 4.78 is 1.32. The molecule has 106 valence electrons. The largest absolute Gasteiger partial charge is 0.481 e. The maximum absolute atomic E-state index is 12.3. The molecule has 2 aromatic rings. The number of hydrogen-bond donors (Lipinski definition) is 2. The summed E-state index contributed by atoms with van der Waals surface area (Å²) in [6.45, 7) is 1.82. The highest BCUT2D eigenvalue weighted by atomic mass is 32.1. The Morgan fingerprint density at radius 2 is 2.10 bits per heavy atom. The predicted molar refractivity (Wildman–Crippen MR) is 72.4 cm³/mol. The Kier molecular flexibility index (Phi) is 3.84. The van der Waals surface area contributed by atoms with Crippen LogP contribution in [0.1, 0.15) is 28.1 Å². The van der Waals surface area contributed by atoms with Crippen LogP contribution in [-0.4, -0.2) is 31.7 Å². The van der Waals surface area contributed by atoms with Gasteiger partial charge in [-0.15, -0.1) is 11.3 Å². The quantitative estimate of drug-likeness (QED) is 0.861. The van der Waals surface area contributed by atoms with Crippen LogP contribution in [0.5, 0.6) is 0 Å². The number of aliphatic carboxylic acids is 1. The third-order valence-electron chi connectivity index (χ3n) is 2.90. The molecule has 0 saturated heterocycles. The standard InChI is InChI=1S/C12H12N2O5S/c1-6-8-10(20-9(6)12(18)19)13-5-14(11(8)17)4-2-3-7(15)16/h5H,2-4H2,1H3,(H,15,16)(H,18,19). The zero-order valence-corrected chi connectivity index (χ0v) is 11.4. The van der Waals surface area contributed by atoms with Gasteiger partial charge >= 0.3 is 11.9 Å². The Morgan fingerprint density at radius 1 is 1.40 bits per heavy atom. The van der Waals surface area contributed by atoms with Gasteiger partial charge in [-0.3, -0.25) is 14.2 Å². The van der Waals surface area contributed by atoms with Crippen molar-refractivity contribution in [1.29, 1.82) is 0 Å². The van der Waals surface area contributed by atoms with Crippen molar-refractivity contribution in [2.75, 3.05) is 0 Å². The van der Waals surface area contributed by atoms with E-state index in [-0.39, 0.29) is 23.4 Å². The van der Waals surface area contributed by atoms with Crippen LogP contribution >= 0.6 is 11.3 Å². The lowest BCUT2D eigenvalue weighted by Crippen LogP contribution is -2.21. The van der Waals surface area contributed by atoms with Crippen molar-refractivity contribution in [3.05, 3.63) is 27.1 Å². The van der Waals surface area contributed by atoms with E-state index in [1.165, 1.54) is 10.9 Å². The van der Waals surface area contributed by atoms with E-state index in [1.807, 2.05) is 0 Å². The molecule has 0 aliphatic carbocycles. The van der Waals surface area contributed by atoms with Crippen LogP contribution in [0.15, 0.2) is 11.1 Å². The molecule has 2 N–H and O–H groups in total. The van der Waals surface area contributed by atoms with Crippen molar-refractivity contribution in [3.63, 3.8) is 0 Å². The summed E-state index contributed by atoms with van der Waals surface area (Å²) >= 11 is 0.966. The van der Waals surface area contributed by atoms with E-state index in [1.54, 1.807) is 6.92 Å². The molecule has 2 rings (SSSR count). The molecular formula is C12H12N2O5S. The van der Waals surface area contributed by atoms with Crippen molar-refractivity contribution >= 4 is 33.5 Å². The van der Waals surface area contributed by atoms with Gasteiger partial charge in [-0.05, 0) is 18.9 Å². The van der Waals surface area contributed by atoms with Gasteiger partial charge in [0.05, 0.1) is 11.7 Å². The molecule has 0 aliphatic heterocycles. The molecule has 0 unspecified atom stereocenters. The number of aromatic nitrogens is 2. The number of aryl methyl sites for hydroxylation is 2. The highest BCUT2D eigenvalue weighted by Crippen LogP contribution is 2.26. The van der Waals surface area contributed by atoms with Crippen molar-refractivity contribution in [2.24, 2.45) is 0 Å². The van der Waals surface area contributed by atoms with Gasteiger partial charge < -0.3 is 10.2 Å². The fourth-order valence-corrected chi connectivity index (χ4v) is 2.90. The van der Waals surface area contributed by atoms with Crippen molar-refractivity contribution in [1.82, 2.24) is 9.55 Å². The minimum absolute atomic E-state index is 0.0343. The smallest absolute Gasteiger partial charge is 0.346 e. The lowest BCUT2D eigenvalue weighted by atomic mass is 10.2. The molecule has 0 amide bonds. The SMILES string of the molecule is Cc1c(C(=O)O)sc2ncn(CCCC(=O)O)c(=O)c12. The molecule has 20 heavy (non-hydrogen) atoms.